The van der Waals surface area contributed by atoms with Crippen LogP contribution < -0.4 is 4.74 Å². The maximum atomic E-state index is 5.55. The normalized spacial score (nSPS) is 26.4. The molecule has 4 nitrogen and oxygen atoms in total. The molecule has 3 saturated carbocycles. The lowest BCUT2D eigenvalue weighted by atomic mass is 9.51. The Balaban J connectivity index is 1.47. The van der Waals surface area contributed by atoms with E-state index in [2.05, 4.69) is 53.1 Å². The maximum Gasteiger partial charge on any atom is 0.167 e. The quantitative estimate of drug-likeness (QED) is 0.644. The summed E-state index contributed by atoms with van der Waals surface area (Å²) in [5.74, 6) is 2.89. The van der Waals surface area contributed by atoms with E-state index < -0.39 is 0 Å². The minimum Gasteiger partial charge on any atom is -0.496 e. The lowest BCUT2D eigenvalue weighted by Gasteiger charge is -2.53. The van der Waals surface area contributed by atoms with Crippen LogP contribution in [0.1, 0.15) is 49.9 Å². The van der Waals surface area contributed by atoms with Crippen molar-refractivity contribution in [1.82, 2.24) is 14.8 Å². The average molecular weight is 374 g/mol. The van der Waals surface area contributed by atoms with E-state index in [4.69, 9.17) is 9.84 Å². The standard InChI is InChI=1S/C24H27N3O/c1-27-21(19-10-6-7-11-20(19)28-2)25-26-22(27)24-15-12-23(13-16-24,14-17-24)18-8-4-3-5-9-18/h3-11H,12-17H2,1-2H3. The Labute approximate surface area is 166 Å². The van der Waals surface area contributed by atoms with Crippen LogP contribution in [-0.4, -0.2) is 21.9 Å². The van der Waals surface area contributed by atoms with Crippen LogP contribution in [-0.2, 0) is 17.9 Å². The third-order valence-electron chi connectivity index (χ3n) is 7.33. The van der Waals surface area contributed by atoms with E-state index in [1.165, 1.54) is 44.1 Å². The molecule has 3 aliphatic rings. The fourth-order valence-corrected chi connectivity index (χ4v) is 5.60. The van der Waals surface area contributed by atoms with Gasteiger partial charge in [-0.3, -0.25) is 0 Å². The van der Waals surface area contributed by atoms with Crippen LogP contribution in [0.15, 0.2) is 54.6 Å². The van der Waals surface area contributed by atoms with Crippen LogP contribution in [0, 0.1) is 0 Å². The second kappa shape index (κ2) is 6.47. The first kappa shape index (κ1) is 17.5. The van der Waals surface area contributed by atoms with Crippen molar-refractivity contribution in [3.8, 4) is 17.1 Å². The number of methoxy groups -OCH3 is 1. The zero-order valence-corrected chi connectivity index (χ0v) is 16.7. The number of ether oxygens (including phenoxy) is 1. The summed E-state index contributed by atoms with van der Waals surface area (Å²) in [6.45, 7) is 0. The zero-order valence-electron chi connectivity index (χ0n) is 16.7. The second-order valence-corrected chi connectivity index (χ2v) is 8.53. The molecule has 6 rings (SSSR count). The minimum absolute atomic E-state index is 0.165. The van der Waals surface area contributed by atoms with Crippen molar-refractivity contribution in [3.63, 3.8) is 0 Å². The van der Waals surface area contributed by atoms with Crippen molar-refractivity contribution in [3.05, 3.63) is 66.0 Å². The number of hydrogen-bond donors (Lipinski definition) is 0. The SMILES string of the molecule is COc1ccccc1-c1nnc(C23CCC(c4ccccc4)(CC2)CC3)n1C. The molecule has 0 atom stereocenters. The van der Waals surface area contributed by atoms with Crippen LogP contribution in [0.2, 0.25) is 0 Å². The van der Waals surface area contributed by atoms with E-state index in [9.17, 15) is 0 Å². The molecule has 3 aliphatic carbocycles. The molecule has 0 N–H and O–H groups in total. The summed E-state index contributed by atoms with van der Waals surface area (Å²) in [7, 11) is 3.82. The summed E-state index contributed by atoms with van der Waals surface area (Å²) in [4.78, 5) is 0. The van der Waals surface area contributed by atoms with E-state index >= 15 is 0 Å². The molecular weight excluding hydrogens is 346 g/mol. The number of benzene rings is 2. The van der Waals surface area contributed by atoms with Gasteiger partial charge in [0, 0.05) is 12.5 Å². The van der Waals surface area contributed by atoms with Gasteiger partial charge in [0.15, 0.2) is 5.82 Å². The first-order valence-electron chi connectivity index (χ1n) is 10.3. The zero-order chi connectivity index (χ0) is 19.2. The van der Waals surface area contributed by atoms with Crippen molar-refractivity contribution in [2.75, 3.05) is 7.11 Å². The largest absolute Gasteiger partial charge is 0.496 e. The number of para-hydroxylation sites is 1. The van der Waals surface area contributed by atoms with Crippen molar-refractivity contribution >= 4 is 0 Å². The van der Waals surface area contributed by atoms with Gasteiger partial charge in [-0.05, 0) is 61.6 Å². The van der Waals surface area contributed by atoms with E-state index in [-0.39, 0.29) is 5.41 Å². The van der Waals surface area contributed by atoms with Crippen molar-refractivity contribution in [2.45, 2.75) is 49.4 Å². The molecule has 0 spiro atoms. The molecule has 0 unspecified atom stereocenters. The van der Waals surface area contributed by atoms with Crippen LogP contribution in [0.4, 0.5) is 0 Å². The Morgan fingerprint density at radius 1 is 0.786 bits per heavy atom. The number of nitrogens with zero attached hydrogens (tertiary/aromatic N) is 3. The van der Waals surface area contributed by atoms with Crippen molar-refractivity contribution < 1.29 is 4.74 Å². The number of aromatic nitrogens is 3. The fourth-order valence-electron chi connectivity index (χ4n) is 5.60. The van der Waals surface area contributed by atoms with Gasteiger partial charge in [0.25, 0.3) is 0 Å². The van der Waals surface area contributed by atoms with Crippen molar-refractivity contribution in [1.29, 1.82) is 0 Å². The minimum atomic E-state index is 0.165. The molecule has 1 heterocycles. The predicted octanol–water partition coefficient (Wildman–Crippen LogP) is 5.03. The highest BCUT2D eigenvalue weighted by Crippen LogP contribution is 2.58. The lowest BCUT2D eigenvalue weighted by Crippen LogP contribution is -2.47. The van der Waals surface area contributed by atoms with Gasteiger partial charge in [-0.25, -0.2) is 0 Å². The van der Waals surface area contributed by atoms with Gasteiger partial charge in [0.1, 0.15) is 11.6 Å². The molecule has 3 aromatic rings. The number of fused-ring (bicyclic) bond motifs is 3. The van der Waals surface area contributed by atoms with Crippen LogP contribution in [0.3, 0.4) is 0 Å². The third kappa shape index (κ3) is 2.50. The summed E-state index contributed by atoms with van der Waals surface area (Å²) in [6, 6.07) is 19.2. The molecule has 2 bridgehead atoms. The van der Waals surface area contributed by atoms with Gasteiger partial charge < -0.3 is 9.30 Å². The van der Waals surface area contributed by atoms with Gasteiger partial charge in [0.05, 0.1) is 12.7 Å². The summed E-state index contributed by atoms with van der Waals surface area (Å²) in [5.41, 5.74) is 3.06. The van der Waals surface area contributed by atoms with Crippen LogP contribution in [0.25, 0.3) is 11.4 Å². The maximum absolute atomic E-state index is 5.55. The molecule has 1 aromatic heterocycles. The first-order chi connectivity index (χ1) is 13.7. The summed E-state index contributed by atoms with van der Waals surface area (Å²) in [5, 5.41) is 9.30. The van der Waals surface area contributed by atoms with Crippen molar-refractivity contribution in [2.24, 2.45) is 7.05 Å². The molecule has 2 aromatic carbocycles. The summed E-state index contributed by atoms with van der Waals surface area (Å²) < 4.78 is 7.76. The van der Waals surface area contributed by atoms with E-state index in [1.807, 2.05) is 18.2 Å². The molecular formula is C24H27N3O. The van der Waals surface area contributed by atoms with E-state index in [0.717, 1.165) is 23.0 Å². The fraction of sp³-hybridized carbons (Fsp3) is 0.417. The van der Waals surface area contributed by atoms with Crippen LogP contribution >= 0.6 is 0 Å². The molecule has 0 aliphatic heterocycles. The smallest absolute Gasteiger partial charge is 0.167 e. The predicted molar refractivity (Wildman–Crippen MR) is 110 cm³/mol. The topological polar surface area (TPSA) is 39.9 Å². The molecule has 144 valence electrons. The second-order valence-electron chi connectivity index (χ2n) is 8.53. The van der Waals surface area contributed by atoms with Gasteiger partial charge in [-0.15, -0.1) is 10.2 Å². The van der Waals surface area contributed by atoms with Gasteiger partial charge in [-0.1, -0.05) is 42.5 Å². The van der Waals surface area contributed by atoms with Crippen LogP contribution in [0.5, 0.6) is 5.75 Å². The summed E-state index contributed by atoms with van der Waals surface area (Å²) in [6.07, 6.45) is 7.31. The van der Waals surface area contributed by atoms with E-state index in [1.54, 1.807) is 7.11 Å². The Morgan fingerprint density at radius 2 is 1.39 bits per heavy atom. The molecule has 4 heteroatoms. The molecule has 0 amide bonds. The first-order valence-corrected chi connectivity index (χ1v) is 10.3. The highest BCUT2D eigenvalue weighted by molar-refractivity contribution is 5.64. The Hall–Kier alpha value is -2.62. The Morgan fingerprint density at radius 3 is 2.07 bits per heavy atom. The number of hydrogen-bond acceptors (Lipinski definition) is 3. The molecule has 28 heavy (non-hydrogen) atoms. The average Bonchev–Trinajstić information content (AvgIpc) is 3.17. The number of rotatable bonds is 4. The highest BCUT2D eigenvalue weighted by Gasteiger charge is 2.52. The lowest BCUT2D eigenvalue weighted by molar-refractivity contribution is 0.0931. The highest BCUT2D eigenvalue weighted by atomic mass is 16.5. The molecule has 0 saturated heterocycles. The van der Waals surface area contributed by atoms with E-state index in [0.29, 0.717) is 5.41 Å². The van der Waals surface area contributed by atoms with Gasteiger partial charge >= 0.3 is 0 Å². The molecule has 3 fully saturated rings. The monoisotopic (exact) mass is 373 g/mol. The Bertz CT molecular complexity index is 968. The van der Waals surface area contributed by atoms with Gasteiger partial charge in [-0.2, -0.15) is 0 Å². The van der Waals surface area contributed by atoms with Gasteiger partial charge in [0.2, 0.25) is 0 Å². The molecule has 0 radical (unpaired) electrons. The third-order valence-corrected chi connectivity index (χ3v) is 7.33. The Kier molecular flexibility index (Phi) is 4.04. The summed E-state index contributed by atoms with van der Waals surface area (Å²) >= 11 is 0.